The van der Waals surface area contributed by atoms with Gasteiger partial charge >= 0.3 is 0 Å². The molecule has 3 aromatic rings. The lowest BCUT2D eigenvalue weighted by Crippen LogP contribution is -2.14. The zero-order chi connectivity index (χ0) is 19.4. The predicted molar refractivity (Wildman–Crippen MR) is 112 cm³/mol. The van der Waals surface area contributed by atoms with Crippen molar-refractivity contribution in [3.8, 4) is 17.3 Å². The third-order valence-electron chi connectivity index (χ3n) is 4.22. The number of hydrogen-bond donors (Lipinski definition) is 0. The van der Waals surface area contributed by atoms with Crippen LogP contribution < -0.4 is 4.80 Å². The van der Waals surface area contributed by atoms with Crippen molar-refractivity contribution < 1.29 is 0 Å². The van der Waals surface area contributed by atoms with Crippen LogP contribution in [0, 0.1) is 25.2 Å². The molecule has 0 aliphatic carbocycles. The van der Waals surface area contributed by atoms with Crippen molar-refractivity contribution in [2.24, 2.45) is 10.1 Å². The Kier molecular flexibility index (Phi) is 5.68. The van der Waals surface area contributed by atoms with Gasteiger partial charge in [-0.15, -0.1) is 11.3 Å². The van der Waals surface area contributed by atoms with Gasteiger partial charge in [0.05, 0.1) is 23.5 Å². The molecule has 0 aliphatic heterocycles. The minimum Gasteiger partial charge on any atom is -0.255 e. The van der Waals surface area contributed by atoms with Crippen molar-refractivity contribution >= 4 is 17.6 Å². The Hall–Kier alpha value is -2.97. The zero-order valence-electron chi connectivity index (χ0n) is 16.0. The van der Waals surface area contributed by atoms with Crippen LogP contribution in [0.5, 0.6) is 0 Å². The zero-order valence-corrected chi connectivity index (χ0v) is 16.8. The molecule has 136 valence electrons. The average molecular weight is 375 g/mol. The van der Waals surface area contributed by atoms with Crippen LogP contribution >= 0.6 is 11.3 Å². The molecule has 0 bridgehead atoms. The summed E-state index contributed by atoms with van der Waals surface area (Å²) >= 11 is 1.59. The van der Waals surface area contributed by atoms with Gasteiger partial charge in [-0.1, -0.05) is 24.3 Å². The van der Waals surface area contributed by atoms with E-state index in [0.29, 0.717) is 5.56 Å². The van der Waals surface area contributed by atoms with Gasteiger partial charge in [0.25, 0.3) is 0 Å². The van der Waals surface area contributed by atoms with Crippen molar-refractivity contribution in [2.75, 3.05) is 0 Å². The van der Waals surface area contributed by atoms with Gasteiger partial charge in [0, 0.05) is 17.0 Å². The Morgan fingerprint density at radius 2 is 1.81 bits per heavy atom. The van der Waals surface area contributed by atoms with Gasteiger partial charge in [-0.2, -0.15) is 10.4 Å². The number of aromatic nitrogens is 1. The normalized spacial score (nSPS) is 12.1. The fourth-order valence-corrected chi connectivity index (χ4v) is 3.56. The molecular weight excluding hydrogens is 352 g/mol. The summed E-state index contributed by atoms with van der Waals surface area (Å²) in [5.41, 5.74) is 6.25. The maximum Gasteiger partial charge on any atom is 0.206 e. The molecule has 0 fully saturated rings. The van der Waals surface area contributed by atoms with Crippen molar-refractivity contribution in [3.63, 3.8) is 0 Å². The van der Waals surface area contributed by atoms with Crippen LogP contribution in [0.1, 0.15) is 36.1 Å². The Bertz CT molecular complexity index is 1080. The highest BCUT2D eigenvalue weighted by atomic mass is 32.1. The number of aryl methyl sites for hydroxylation is 2. The highest BCUT2D eigenvalue weighted by molar-refractivity contribution is 7.07. The third-order valence-corrected chi connectivity index (χ3v) is 5.05. The summed E-state index contributed by atoms with van der Waals surface area (Å²) in [5, 5.41) is 15.7. The largest absolute Gasteiger partial charge is 0.255 e. The maximum absolute atomic E-state index is 8.93. The van der Waals surface area contributed by atoms with Gasteiger partial charge < -0.3 is 0 Å². The van der Waals surface area contributed by atoms with Gasteiger partial charge in [0.2, 0.25) is 4.80 Å². The summed E-state index contributed by atoms with van der Waals surface area (Å²) in [7, 11) is 0. The standard InChI is InChI=1S/C22H22N4S/c1-15(2)25-22-26(24-13-19-8-6-18(12-23)7-9-19)21(14-27-22)20-10-5-16(3)17(4)11-20/h5-11,13-15H,1-4H3. The van der Waals surface area contributed by atoms with E-state index >= 15 is 0 Å². The van der Waals surface area contributed by atoms with E-state index in [9.17, 15) is 0 Å². The number of nitriles is 1. The lowest BCUT2D eigenvalue weighted by molar-refractivity contribution is 0.754. The van der Waals surface area contributed by atoms with E-state index in [4.69, 9.17) is 15.4 Å². The Balaban J connectivity index is 2.08. The van der Waals surface area contributed by atoms with Gasteiger partial charge in [-0.3, -0.25) is 4.99 Å². The molecule has 27 heavy (non-hydrogen) atoms. The van der Waals surface area contributed by atoms with Crippen molar-refractivity contribution in [2.45, 2.75) is 33.7 Å². The highest BCUT2D eigenvalue weighted by Crippen LogP contribution is 2.23. The third kappa shape index (κ3) is 4.42. The number of rotatable bonds is 4. The van der Waals surface area contributed by atoms with E-state index in [1.165, 1.54) is 11.1 Å². The first-order valence-corrected chi connectivity index (χ1v) is 9.72. The number of nitrogens with zero attached hydrogens (tertiary/aromatic N) is 4. The monoisotopic (exact) mass is 374 g/mol. The second-order valence-electron chi connectivity index (χ2n) is 6.72. The van der Waals surface area contributed by atoms with E-state index in [0.717, 1.165) is 21.6 Å². The molecular formula is C22H22N4S. The lowest BCUT2D eigenvalue weighted by Gasteiger charge is -2.07. The molecule has 0 aliphatic rings. The lowest BCUT2D eigenvalue weighted by atomic mass is 10.1. The number of hydrogen-bond acceptors (Lipinski definition) is 4. The molecule has 0 atom stereocenters. The first kappa shape index (κ1) is 18.8. The summed E-state index contributed by atoms with van der Waals surface area (Å²) in [5.74, 6) is 0. The highest BCUT2D eigenvalue weighted by Gasteiger charge is 2.09. The molecule has 1 aromatic heterocycles. The minimum atomic E-state index is 0.188. The summed E-state index contributed by atoms with van der Waals surface area (Å²) in [4.78, 5) is 5.57. The van der Waals surface area contributed by atoms with Gasteiger partial charge in [0.1, 0.15) is 0 Å². The minimum absolute atomic E-state index is 0.188. The van der Waals surface area contributed by atoms with Crippen LogP contribution in [0.25, 0.3) is 11.3 Å². The Labute approximate surface area is 163 Å². The molecule has 0 unspecified atom stereocenters. The van der Waals surface area contributed by atoms with E-state index in [1.54, 1.807) is 29.7 Å². The second kappa shape index (κ2) is 8.15. The van der Waals surface area contributed by atoms with Crippen LogP contribution in [-0.2, 0) is 0 Å². The Morgan fingerprint density at radius 3 is 2.44 bits per heavy atom. The molecule has 1 heterocycles. The number of benzene rings is 2. The van der Waals surface area contributed by atoms with E-state index < -0.39 is 0 Å². The first-order chi connectivity index (χ1) is 13.0. The molecule has 3 rings (SSSR count). The summed E-state index contributed by atoms with van der Waals surface area (Å²) < 4.78 is 1.90. The van der Waals surface area contributed by atoms with Crippen LogP contribution in [-0.4, -0.2) is 16.9 Å². The molecule has 0 N–H and O–H groups in total. The molecule has 0 saturated carbocycles. The van der Waals surface area contributed by atoms with Crippen LogP contribution in [0.15, 0.2) is 57.9 Å². The summed E-state index contributed by atoms with van der Waals surface area (Å²) in [6, 6.07) is 16.1. The van der Waals surface area contributed by atoms with Crippen molar-refractivity contribution in [1.29, 1.82) is 5.26 Å². The van der Waals surface area contributed by atoms with Gasteiger partial charge in [-0.25, -0.2) is 4.68 Å². The van der Waals surface area contributed by atoms with Gasteiger partial charge in [0.15, 0.2) is 0 Å². The van der Waals surface area contributed by atoms with E-state index in [1.807, 2.05) is 16.8 Å². The predicted octanol–water partition coefficient (Wildman–Crippen LogP) is 4.90. The molecule has 0 radical (unpaired) electrons. The van der Waals surface area contributed by atoms with Crippen molar-refractivity contribution in [1.82, 2.24) is 4.68 Å². The first-order valence-electron chi connectivity index (χ1n) is 8.84. The maximum atomic E-state index is 8.93. The average Bonchev–Trinajstić information content (AvgIpc) is 3.04. The number of thiazole rings is 1. The van der Waals surface area contributed by atoms with Crippen molar-refractivity contribution in [3.05, 3.63) is 74.9 Å². The topological polar surface area (TPSA) is 53.4 Å². The SMILES string of the molecule is Cc1ccc(-c2csc(=NC(C)C)n2N=Cc2ccc(C#N)cc2)cc1C. The fourth-order valence-electron chi connectivity index (χ4n) is 2.59. The molecule has 0 saturated heterocycles. The molecule has 0 amide bonds. The van der Waals surface area contributed by atoms with Crippen LogP contribution in [0.3, 0.4) is 0 Å². The quantitative estimate of drug-likeness (QED) is 0.600. The fraction of sp³-hybridized carbons (Fsp3) is 0.227. The Morgan fingerprint density at radius 1 is 1.07 bits per heavy atom. The molecule has 5 heteroatoms. The molecule has 0 spiro atoms. The van der Waals surface area contributed by atoms with E-state index in [-0.39, 0.29) is 6.04 Å². The second-order valence-corrected chi connectivity index (χ2v) is 7.55. The summed E-state index contributed by atoms with van der Waals surface area (Å²) in [6.07, 6.45) is 1.80. The van der Waals surface area contributed by atoms with Crippen LogP contribution in [0.4, 0.5) is 0 Å². The van der Waals surface area contributed by atoms with Crippen LogP contribution in [0.2, 0.25) is 0 Å². The molecule has 2 aromatic carbocycles. The molecule has 4 nitrogen and oxygen atoms in total. The summed E-state index contributed by atoms with van der Waals surface area (Å²) in [6.45, 7) is 8.35. The smallest absolute Gasteiger partial charge is 0.206 e. The van der Waals surface area contributed by atoms with Gasteiger partial charge in [-0.05, 0) is 62.6 Å². The van der Waals surface area contributed by atoms with E-state index in [2.05, 4.69) is 57.3 Å².